The largest absolute Gasteiger partial charge is 0.335 e. The maximum Gasteiger partial charge on any atom is 0.105 e. The van der Waals surface area contributed by atoms with Crippen molar-refractivity contribution < 1.29 is 0 Å². The normalized spacial score (nSPS) is 10.4. The number of rotatable bonds is 1. The molecule has 0 spiro atoms. The van der Waals surface area contributed by atoms with Gasteiger partial charge in [-0.05, 0) is 20.3 Å². The average molecular weight is 138 g/mol. The molecule has 1 rings (SSSR count). The van der Waals surface area contributed by atoms with Gasteiger partial charge in [0, 0.05) is 12.7 Å². The molecule has 0 N–H and O–H groups in total. The van der Waals surface area contributed by atoms with E-state index in [0.29, 0.717) is 0 Å². The fourth-order valence-corrected chi connectivity index (χ4v) is 1.12. The van der Waals surface area contributed by atoms with Crippen LogP contribution in [0.4, 0.5) is 0 Å². The van der Waals surface area contributed by atoms with Crippen molar-refractivity contribution in [2.75, 3.05) is 0 Å². The van der Waals surface area contributed by atoms with Crippen LogP contribution in [0.2, 0.25) is 0 Å². The first-order valence-electron chi connectivity index (χ1n) is 3.65. The van der Waals surface area contributed by atoms with Crippen LogP contribution < -0.4 is 0 Å². The van der Waals surface area contributed by atoms with Crippen LogP contribution in [0.25, 0.3) is 0 Å². The molecule has 1 heterocycles. The molecule has 0 aromatic carbocycles. The number of hydrogen-bond donors (Lipinski definition) is 0. The molecule has 0 unspecified atom stereocenters. The summed E-state index contributed by atoms with van der Waals surface area (Å²) in [6, 6.07) is 0. The Kier molecular flexibility index (Phi) is 1.79. The van der Waals surface area contributed by atoms with Gasteiger partial charge in [-0.2, -0.15) is 0 Å². The number of nitrogens with zero attached hydrogens (tertiary/aromatic N) is 2. The average Bonchev–Trinajstić information content (AvgIpc) is 2.17. The van der Waals surface area contributed by atoms with Gasteiger partial charge >= 0.3 is 0 Å². The first kappa shape index (κ1) is 7.32. The summed E-state index contributed by atoms with van der Waals surface area (Å²) in [6.45, 7) is 6.28. The van der Waals surface area contributed by atoms with Gasteiger partial charge in [0.15, 0.2) is 0 Å². The van der Waals surface area contributed by atoms with E-state index in [0.717, 1.165) is 12.2 Å². The summed E-state index contributed by atoms with van der Waals surface area (Å²) in [6.07, 6.45) is 1.04. The number of imidazole rings is 1. The van der Waals surface area contributed by atoms with Crippen LogP contribution in [0, 0.1) is 13.8 Å². The lowest BCUT2D eigenvalue weighted by molar-refractivity contribution is 0.826. The molecule has 0 saturated heterocycles. The molecule has 0 bridgehead atoms. The van der Waals surface area contributed by atoms with Crippen molar-refractivity contribution in [3.63, 3.8) is 0 Å². The van der Waals surface area contributed by atoms with Gasteiger partial charge in [0.05, 0.1) is 5.69 Å². The molecule has 1 aromatic heterocycles. The summed E-state index contributed by atoms with van der Waals surface area (Å²) in [5.74, 6) is 1.11. The van der Waals surface area contributed by atoms with Gasteiger partial charge < -0.3 is 4.57 Å². The zero-order valence-electron chi connectivity index (χ0n) is 7.10. The summed E-state index contributed by atoms with van der Waals surface area (Å²) in [5.41, 5.74) is 2.51. The van der Waals surface area contributed by atoms with Gasteiger partial charge in [0.1, 0.15) is 5.82 Å². The van der Waals surface area contributed by atoms with Gasteiger partial charge in [-0.3, -0.25) is 0 Å². The fraction of sp³-hybridized carbons (Fsp3) is 0.625. The van der Waals surface area contributed by atoms with Crippen LogP contribution >= 0.6 is 0 Å². The Hall–Kier alpha value is -0.790. The molecule has 2 heteroatoms. The van der Waals surface area contributed by atoms with E-state index < -0.39 is 0 Å². The zero-order valence-corrected chi connectivity index (χ0v) is 7.10. The van der Waals surface area contributed by atoms with Crippen LogP contribution in [0.1, 0.15) is 24.1 Å². The summed E-state index contributed by atoms with van der Waals surface area (Å²) >= 11 is 0. The maximum absolute atomic E-state index is 4.39. The Labute approximate surface area is 61.9 Å². The molecule has 0 aliphatic carbocycles. The number of aryl methyl sites for hydroxylation is 2. The highest BCUT2D eigenvalue weighted by Gasteiger charge is 2.03. The van der Waals surface area contributed by atoms with Crippen LogP contribution in [0.5, 0.6) is 0 Å². The van der Waals surface area contributed by atoms with E-state index in [1.54, 1.807) is 0 Å². The predicted molar refractivity (Wildman–Crippen MR) is 42.1 cm³/mol. The van der Waals surface area contributed by atoms with Gasteiger partial charge in [-0.25, -0.2) is 4.98 Å². The van der Waals surface area contributed by atoms with Crippen LogP contribution in [-0.2, 0) is 13.5 Å². The molecule has 0 saturated carbocycles. The Morgan fingerprint density at radius 2 is 2.00 bits per heavy atom. The van der Waals surface area contributed by atoms with E-state index >= 15 is 0 Å². The molecule has 0 atom stereocenters. The second-order valence-electron chi connectivity index (χ2n) is 2.60. The Balaban J connectivity index is 3.17. The third kappa shape index (κ3) is 0.939. The smallest absolute Gasteiger partial charge is 0.105 e. The van der Waals surface area contributed by atoms with Gasteiger partial charge in [-0.1, -0.05) is 6.92 Å². The molecule has 0 amide bonds. The van der Waals surface area contributed by atoms with Gasteiger partial charge in [0.25, 0.3) is 0 Å². The Morgan fingerprint density at radius 1 is 1.40 bits per heavy atom. The Bertz CT molecular complexity index is 236. The van der Waals surface area contributed by atoms with Gasteiger partial charge in [0.2, 0.25) is 0 Å². The lowest BCUT2D eigenvalue weighted by Gasteiger charge is -1.96. The quantitative estimate of drug-likeness (QED) is 0.576. The fourth-order valence-electron chi connectivity index (χ4n) is 1.12. The first-order valence-corrected chi connectivity index (χ1v) is 3.65. The Morgan fingerprint density at radius 3 is 2.20 bits per heavy atom. The van der Waals surface area contributed by atoms with Crippen molar-refractivity contribution in [2.45, 2.75) is 27.2 Å². The van der Waals surface area contributed by atoms with E-state index in [2.05, 4.69) is 30.4 Å². The SMILES string of the molecule is CCc1nc(C)n(C)c1C. The van der Waals surface area contributed by atoms with Crippen molar-refractivity contribution in [1.82, 2.24) is 9.55 Å². The zero-order chi connectivity index (χ0) is 7.72. The molecule has 0 radical (unpaired) electrons. The number of hydrogen-bond acceptors (Lipinski definition) is 1. The second-order valence-corrected chi connectivity index (χ2v) is 2.60. The molecule has 0 aliphatic rings. The minimum atomic E-state index is 1.04. The summed E-state index contributed by atoms with van der Waals surface area (Å²) in [5, 5.41) is 0. The minimum Gasteiger partial charge on any atom is -0.335 e. The topological polar surface area (TPSA) is 17.8 Å². The highest BCUT2D eigenvalue weighted by Crippen LogP contribution is 2.07. The highest BCUT2D eigenvalue weighted by atomic mass is 15.1. The van der Waals surface area contributed by atoms with E-state index in [4.69, 9.17) is 0 Å². The molecule has 0 fully saturated rings. The summed E-state index contributed by atoms with van der Waals surface area (Å²) in [7, 11) is 2.05. The van der Waals surface area contributed by atoms with Crippen molar-refractivity contribution in [2.24, 2.45) is 7.05 Å². The lowest BCUT2D eigenvalue weighted by Crippen LogP contribution is -1.93. The van der Waals surface area contributed by atoms with E-state index in [9.17, 15) is 0 Å². The third-order valence-electron chi connectivity index (χ3n) is 2.04. The van der Waals surface area contributed by atoms with Crippen LogP contribution in [-0.4, -0.2) is 9.55 Å². The molecular formula is C8H14N2. The predicted octanol–water partition coefficient (Wildman–Crippen LogP) is 1.60. The molecule has 2 nitrogen and oxygen atoms in total. The van der Waals surface area contributed by atoms with Crippen molar-refractivity contribution >= 4 is 0 Å². The minimum absolute atomic E-state index is 1.04. The van der Waals surface area contributed by atoms with E-state index in [1.165, 1.54) is 11.4 Å². The van der Waals surface area contributed by atoms with Crippen molar-refractivity contribution in [3.8, 4) is 0 Å². The van der Waals surface area contributed by atoms with Crippen molar-refractivity contribution in [1.29, 1.82) is 0 Å². The monoisotopic (exact) mass is 138 g/mol. The lowest BCUT2D eigenvalue weighted by atomic mass is 10.3. The standard InChI is InChI=1S/C8H14N2/c1-5-8-6(2)10(4)7(3)9-8/h5H2,1-4H3. The molecule has 0 aliphatic heterocycles. The second kappa shape index (κ2) is 2.45. The van der Waals surface area contributed by atoms with E-state index in [1.807, 2.05) is 6.92 Å². The van der Waals surface area contributed by atoms with E-state index in [-0.39, 0.29) is 0 Å². The highest BCUT2D eigenvalue weighted by molar-refractivity contribution is 5.14. The van der Waals surface area contributed by atoms with Crippen LogP contribution in [0.3, 0.4) is 0 Å². The molecule has 1 aromatic rings. The molecular weight excluding hydrogens is 124 g/mol. The molecule has 56 valence electrons. The molecule has 10 heavy (non-hydrogen) atoms. The number of aromatic nitrogens is 2. The summed E-state index contributed by atoms with van der Waals surface area (Å²) < 4.78 is 2.12. The maximum atomic E-state index is 4.39. The third-order valence-corrected chi connectivity index (χ3v) is 2.04. The summed E-state index contributed by atoms with van der Waals surface area (Å²) in [4.78, 5) is 4.39. The van der Waals surface area contributed by atoms with Crippen molar-refractivity contribution in [3.05, 3.63) is 17.2 Å². The first-order chi connectivity index (χ1) is 4.66. The van der Waals surface area contributed by atoms with Crippen LogP contribution in [0.15, 0.2) is 0 Å². The van der Waals surface area contributed by atoms with Gasteiger partial charge in [-0.15, -0.1) is 0 Å².